The Bertz CT molecular complexity index is 430. The Morgan fingerprint density at radius 1 is 1.47 bits per heavy atom. The zero-order chi connectivity index (χ0) is 12.3. The van der Waals surface area contributed by atoms with Crippen LogP contribution in [0.2, 0.25) is 0 Å². The molecule has 1 aromatic rings. The summed E-state index contributed by atoms with van der Waals surface area (Å²) in [6.45, 7) is 0.576. The van der Waals surface area contributed by atoms with Crippen LogP contribution in [0.3, 0.4) is 0 Å². The third-order valence-corrected chi connectivity index (χ3v) is 2.50. The van der Waals surface area contributed by atoms with Crippen LogP contribution < -0.4 is 16.5 Å². The fourth-order valence-corrected chi connectivity index (χ4v) is 1.48. The van der Waals surface area contributed by atoms with Gasteiger partial charge in [0, 0.05) is 12.1 Å². The van der Waals surface area contributed by atoms with Gasteiger partial charge in [0.05, 0.1) is 0 Å². The number of hydroxylamine groups is 1. The molecule has 1 atom stereocenters. The molecule has 1 aliphatic heterocycles. The first kappa shape index (κ1) is 11.6. The lowest BCUT2D eigenvalue weighted by molar-refractivity contribution is -0.125. The van der Waals surface area contributed by atoms with E-state index in [0.29, 0.717) is 12.1 Å². The van der Waals surface area contributed by atoms with Crippen molar-refractivity contribution < 1.29 is 14.4 Å². The number of rotatable bonds is 3. The van der Waals surface area contributed by atoms with Crippen molar-refractivity contribution in [3.8, 4) is 0 Å². The van der Waals surface area contributed by atoms with Gasteiger partial charge >= 0.3 is 0 Å². The molecule has 1 heterocycles. The zero-order valence-electron chi connectivity index (χ0n) is 9.10. The average Bonchev–Trinajstić information content (AvgIpc) is 2.75. The van der Waals surface area contributed by atoms with E-state index in [2.05, 4.69) is 10.8 Å². The van der Waals surface area contributed by atoms with Gasteiger partial charge in [0.2, 0.25) is 0 Å². The van der Waals surface area contributed by atoms with Gasteiger partial charge < -0.3 is 11.1 Å². The van der Waals surface area contributed by atoms with Crippen molar-refractivity contribution in [3.63, 3.8) is 0 Å². The minimum Gasteiger partial charge on any atom is -0.338 e. The Morgan fingerprint density at radius 3 is 2.71 bits per heavy atom. The third-order valence-electron chi connectivity index (χ3n) is 2.50. The van der Waals surface area contributed by atoms with Gasteiger partial charge in [0.25, 0.3) is 11.8 Å². The molecule has 0 aromatic heterocycles. The minimum absolute atomic E-state index is 0.144. The van der Waals surface area contributed by atoms with Gasteiger partial charge in [-0.1, -0.05) is 12.1 Å². The van der Waals surface area contributed by atoms with Gasteiger partial charge in [0.15, 0.2) is 0 Å². The first-order chi connectivity index (χ1) is 8.20. The van der Waals surface area contributed by atoms with E-state index < -0.39 is 6.04 Å². The van der Waals surface area contributed by atoms with Crippen LogP contribution in [-0.4, -0.2) is 24.5 Å². The Labute approximate surface area is 98.1 Å². The fraction of sp³-hybridized carbons (Fsp3) is 0.273. The maximum Gasteiger partial charge on any atom is 0.268 e. The highest BCUT2D eigenvalue weighted by molar-refractivity contribution is 5.97. The van der Waals surface area contributed by atoms with Crippen LogP contribution in [0.25, 0.3) is 0 Å². The van der Waals surface area contributed by atoms with Gasteiger partial charge in [-0.25, -0.2) is 5.48 Å². The van der Waals surface area contributed by atoms with Gasteiger partial charge in [-0.15, -0.1) is 0 Å². The predicted molar refractivity (Wildman–Crippen MR) is 59.7 cm³/mol. The Hall–Kier alpha value is -1.92. The van der Waals surface area contributed by atoms with Crippen LogP contribution in [0.15, 0.2) is 24.3 Å². The second kappa shape index (κ2) is 4.94. The summed E-state index contributed by atoms with van der Waals surface area (Å²) in [4.78, 5) is 27.7. The molecule has 4 N–H and O–H groups in total. The maximum atomic E-state index is 11.8. The molecule has 0 spiro atoms. The number of nitrogens with one attached hydrogen (secondary N) is 2. The fourth-order valence-electron chi connectivity index (χ4n) is 1.48. The summed E-state index contributed by atoms with van der Waals surface area (Å²) < 4.78 is 0. The first-order valence-electron chi connectivity index (χ1n) is 5.22. The number of benzene rings is 1. The topological polar surface area (TPSA) is 93.5 Å². The standard InChI is InChI=1S/C11H13N3O3/c12-5-7-1-3-8(4-2-7)10(15)13-9-6-17-14-11(9)16/h1-4,9H,5-6,12H2,(H,13,15)(H,14,16)/t9-/m1/s1. The largest absolute Gasteiger partial charge is 0.338 e. The summed E-state index contributed by atoms with van der Waals surface area (Å²) >= 11 is 0. The van der Waals surface area contributed by atoms with Gasteiger partial charge in [-0.05, 0) is 17.7 Å². The van der Waals surface area contributed by atoms with Crippen molar-refractivity contribution in [1.29, 1.82) is 0 Å². The van der Waals surface area contributed by atoms with Gasteiger partial charge in [-0.2, -0.15) is 0 Å². The van der Waals surface area contributed by atoms with Crippen LogP contribution in [0, 0.1) is 0 Å². The highest BCUT2D eigenvalue weighted by Gasteiger charge is 2.27. The monoisotopic (exact) mass is 235 g/mol. The molecule has 1 aromatic carbocycles. The Morgan fingerprint density at radius 2 is 2.18 bits per heavy atom. The first-order valence-corrected chi connectivity index (χ1v) is 5.22. The molecular weight excluding hydrogens is 222 g/mol. The molecule has 6 nitrogen and oxygen atoms in total. The molecule has 17 heavy (non-hydrogen) atoms. The highest BCUT2D eigenvalue weighted by Crippen LogP contribution is 2.05. The second-order valence-corrected chi connectivity index (χ2v) is 3.70. The summed E-state index contributed by atoms with van der Waals surface area (Å²) in [5.74, 6) is -0.642. The van der Waals surface area contributed by atoms with Crippen LogP contribution in [0.5, 0.6) is 0 Å². The molecule has 2 amide bonds. The van der Waals surface area contributed by atoms with E-state index >= 15 is 0 Å². The number of hydrogen-bond donors (Lipinski definition) is 3. The summed E-state index contributed by atoms with van der Waals surface area (Å²) in [5.41, 5.74) is 9.07. The molecule has 0 radical (unpaired) electrons. The second-order valence-electron chi connectivity index (χ2n) is 3.70. The number of amides is 2. The van der Waals surface area contributed by atoms with Gasteiger partial charge in [0.1, 0.15) is 12.6 Å². The lowest BCUT2D eigenvalue weighted by Gasteiger charge is -2.08. The minimum atomic E-state index is -0.628. The molecule has 1 aliphatic rings. The molecule has 0 unspecified atom stereocenters. The van der Waals surface area contributed by atoms with Gasteiger partial charge in [-0.3, -0.25) is 14.4 Å². The van der Waals surface area contributed by atoms with E-state index in [1.807, 2.05) is 0 Å². The molecular formula is C11H13N3O3. The zero-order valence-corrected chi connectivity index (χ0v) is 9.10. The summed E-state index contributed by atoms with van der Waals surface area (Å²) in [7, 11) is 0. The van der Waals surface area contributed by atoms with Crippen LogP contribution in [-0.2, 0) is 16.2 Å². The summed E-state index contributed by atoms with van der Waals surface area (Å²) in [5, 5.41) is 2.58. The van der Waals surface area contributed by atoms with Crippen LogP contribution >= 0.6 is 0 Å². The number of carbonyl (C=O) groups is 2. The molecule has 0 bridgehead atoms. The molecule has 1 fully saturated rings. The molecule has 2 rings (SSSR count). The SMILES string of the molecule is NCc1ccc(C(=O)N[C@@H]2CONC2=O)cc1. The van der Waals surface area contributed by atoms with Crippen molar-refractivity contribution in [2.45, 2.75) is 12.6 Å². The number of hydrogen-bond acceptors (Lipinski definition) is 4. The van der Waals surface area contributed by atoms with E-state index in [-0.39, 0.29) is 18.4 Å². The predicted octanol–water partition coefficient (Wildman–Crippen LogP) is -0.695. The highest BCUT2D eigenvalue weighted by atomic mass is 16.7. The molecule has 1 saturated heterocycles. The van der Waals surface area contributed by atoms with E-state index in [1.54, 1.807) is 24.3 Å². The van der Waals surface area contributed by atoms with E-state index in [1.165, 1.54) is 0 Å². The Kier molecular flexibility index (Phi) is 3.36. The summed E-state index contributed by atoms with van der Waals surface area (Å²) in [6, 6.07) is 6.27. The number of nitrogens with two attached hydrogens (primary N) is 1. The average molecular weight is 235 g/mol. The van der Waals surface area contributed by atoms with E-state index in [4.69, 9.17) is 10.6 Å². The third kappa shape index (κ3) is 2.61. The summed E-state index contributed by atoms with van der Waals surface area (Å²) in [6.07, 6.45) is 0. The molecule has 6 heteroatoms. The van der Waals surface area contributed by atoms with Crippen LogP contribution in [0.1, 0.15) is 15.9 Å². The number of carbonyl (C=O) groups excluding carboxylic acids is 2. The van der Waals surface area contributed by atoms with E-state index in [0.717, 1.165) is 5.56 Å². The van der Waals surface area contributed by atoms with E-state index in [9.17, 15) is 9.59 Å². The van der Waals surface area contributed by atoms with Crippen molar-refractivity contribution in [3.05, 3.63) is 35.4 Å². The van der Waals surface area contributed by atoms with Crippen molar-refractivity contribution in [2.24, 2.45) is 5.73 Å². The lowest BCUT2D eigenvalue weighted by atomic mass is 10.1. The van der Waals surface area contributed by atoms with Crippen LogP contribution in [0.4, 0.5) is 0 Å². The molecule has 0 aliphatic carbocycles. The maximum absolute atomic E-state index is 11.8. The van der Waals surface area contributed by atoms with Crippen molar-refractivity contribution in [1.82, 2.24) is 10.8 Å². The van der Waals surface area contributed by atoms with Crippen molar-refractivity contribution >= 4 is 11.8 Å². The van der Waals surface area contributed by atoms with Crippen molar-refractivity contribution in [2.75, 3.05) is 6.61 Å². The quantitative estimate of drug-likeness (QED) is 0.646. The lowest BCUT2D eigenvalue weighted by Crippen LogP contribution is -2.41. The molecule has 90 valence electrons. The molecule has 0 saturated carbocycles. The normalized spacial score (nSPS) is 18.9. The smallest absolute Gasteiger partial charge is 0.268 e. The Balaban J connectivity index is 2.01.